The van der Waals surface area contributed by atoms with Gasteiger partial charge in [0.2, 0.25) is 11.9 Å². The summed E-state index contributed by atoms with van der Waals surface area (Å²) in [6.45, 7) is 1.42. The van der Waals surface area contributed by atoms with Crippen molar-refractivity contribution < 1.29 is 4.79 Å². The summed E-state index contributed by atoms with van der Waals surface area (Å²) in [5, 5.41) is 3.19. The highest BCUT2D eigenvalue weighted by molar-refractivity contribution is 5.85. The molecule has 1 saturated heterocycles. The van der Waals surface area contributed by atoms with Crippen LogP contribution in [0.1, 0.15) is 56.3 Å². The Kier molecular flexibility index (Phi) is 5.21. The van der Waals surface area contributed by atoms with Crippen molar-refractivity contribution in [1.82, 2.24) is 24.8 Å². The van der Waals surface area contributed by atoms with Gasteiger partial charge in [0, 0.05) is 37.2 Å². The first kappa shape index (κ1) is 18.6. The van der Waals surface area contributed by atoms with Crippen LogP contribution in [-0.2, 0) is 24.2 Å². The van der Waals surface area contributed by atoms with E-state index in [1.165, 1.54) is 43.5 Å². The van der Waals surface area contributed by atoms with Crippen molar-refractivity contribution in [2.75, 3.05) is 11.4 Å². The van der Waals surface area contributed by atoms with Crippen molar-refractivity contribution in [2.45, 2.75) is 76.4 Å². The number of hydrogen-bond donors (Lipinski definition) is 1. The lowest BCUT2D eigenvalue weighted by atomic mass is 9.85. The van der Waals surface area contributed by atoms with Gasteiger partial charge in [-0.15, -0.1) is 0 Å². The van der Waals surface area contributed by atoms with Gasteiger partial charge in [0.25, 0.3) is 0 Å². The van der Waals surface area contributed by atoms with Crippen molar-refractivity contribution >= 4 is 11.9 Å². The molecule has 1 aliphatic heterocycles. The van der Waals surface area contributed by atoms with Crippen LogP contribution >= 0.6 is 0 Å². The van der Waals surface area contributed by atoms with Gasteiger partial charge in [0.1, 0.15) is 6.04 Å². The van der Waals surface area contributed by atoms with Crippen LogP contribution in [-0.4, -0.2) is 44.1 Å². The average Bonchev–Trinajstić information content (AvgIpc) is 3.36. The Hall–Kier alpha value is -2.44. The van der Waals surface area contributed by atoms with Crippen LogP contribution in [0.4, 0.5) is 5.95 Å². The van der Waals surface area contributed by atoms with E-state index in [1.54, 1.807) is 12.4 Å². The number of carbonyl (C=O) groups excluding carboxylic acids is 1. The molecule has 1 N–H and O–H groups in total. The molecular formula is C22H30N6O. The second-order valence-electron chi connectivity index (χ2n) is 8.65. The van der Waals surface area contributed by atoms with Gasteiger partial charge < -0.3 is 14.8 Å². The number of aryl methyl sites for hydroxylation is 1. The highest BCUT2D eigenvalue weighted by Crippen LogP contribution is 2.41. The summed E-state index contributed by atoms with van der Waals surface area (Å²) in [6, 6.07) is 2.06. The fourth-order valence-corrected chi connectivity index (χ4v) is 5.55. The fourth-order valence-electron chi connectivity index (χ4n) is 5.55. The smallest absolute Gasteiger partial charge is 0.242 e. The zero-order valence-electron chi connectivity index (χ0n) is 17.0. The average molecular weight is 395 g/mol. The largest absolute Gasteiger partial charge is 0.353 e. The summed E-state index contributed by atoms with van der Waals surface area (Å²) < 4.78 is 2.22. The molecule has 5 rings (SSSR count). The number of imidazole rings is 1. The van der Waals surface area contributed by atoms with Crippen molar-refractivity contribution in [3.63, 3.8) is 0 Å². The number of rotatable bonds is 5. The summed E-state index contributed by atoms with van der Waals surface area (Å²) >= 11 is 0. The van der Waals surface area contributed by atoms with Gasteiger partial charge in [-0.3, -0.25) is 4.79 Å². The molecular weight excluding hydrogens is 364 g/mol. The van der Waals surface area contributed by atoms with Crippen LogP contribution in [0.25, 0.3) is 0 Å². The third-order valence-electron chi connectivity index (χ3n) is 6.94. The van der Waals surface area contributed by atoms with Gasteiger partial charge in [-0.1, -0.05) is 12.8 Å². The van der Waals surface area contributed by atoms with Gasteiger partial charge in [-0.2, -0.15) is 0 Å². The van der Waals surface area contributed by atoms with E-state index < -0.39 is 0 Å². The van der Waals surface area contributed by atoms with Crippen LogP contribution < -0.4 is 10.2 Å². The van der Waals surface area contributed by atoms with Crippen molar-refractivity contribution in [3.05, 3.63) is 36.2 Å². The number of nitrogens with one attached hydrogen (secondary N) is 1. The van der Waals surface area contributed by atoms with E-state index in [0.29, 0.717) is 24.5 Å². The second-order valence-corrected chi connectivity index (χ2v) is 8.65. The molecule has 3 aliphatic rings. The molecule has 7 heteroatoms. The van der Waals surface area contributed by atoms with Crippen molar-refractivity contribution in [2.24, 2.45) is 5.92 Å². The maximum atomic E-state index is 13.2. The first-order chi connectivity index (χ1) is 14.3. The van der Waals surface area contributed by atoms with E-state index in [9.17, 15) is 4.79 Å². The standard InChI is InChI=1S/C22H30N6O/c29-21(23-12-13-27-15-26-17-7-2-4-9-19(17)27)20-14-16-6-1-3-8-18(16)28(20)22-24-10-5-11-25-22/h5,10-11,15-16,18,20H,1-4,6-9,12-14H2,(H,23,29)/t16-,18-,20-/m0/s1. The first-order valence-electron chi connectivity index (χ1n) is 11.2. The molecule has 1 saturated carbocycles. The number of fused-ring (bicyclic) bond motifs is 2. The summed E-state index contributed by atoms with van der Waals surface area (Å²) in [5.41, 5.74) is 2.60. The quantitative estimate of drug-likeness (QED) is 0.843. The maximum absolute atomic E-state index is 13.2. The molecule has 29 heavy (non-hydrogen) atoms. The Labute approximate surface area is 171 Å². The minimum atomic E-state index is -0.165. The number of aromatic nitrogens is 4. The molecule has 7 nitrogen and oxygen atoms in total. The van der Waals surface area contributed by atoms with Crippen LogP contribution in [0.15, 0.2) is 24.8 Å². The van der Waals surface area contributed by atoms with Gasteiger partial charge in [0.05, 0.1) is 12.0 Å². The molecule has 0 spiro atoms. The molecule has 0 bridgehead atoms. The molecule has 2 aromatic heterocycles. The molecule has 3 heterocycles. The Morgan fingerprint density at radius 1 is 1.07 bits per heavy atom. The molecule has 2 aliphatic carbocycles. The van der Waals surface area contributed by atoms with Gasteiger partial charge in [0.15, 0.2) is 0 Å². The molecule has 154 valence electrons. The monoisotopic (exact) mass is 394 g/mol. The van der Waals surface area contributed by atoms with E-state index in [4.69, 9.17) is 0 Å². The number of nitrogens with zero attached hydrogens (tertiary/aromatic N) is 5. The molecule has 1 amide bonds. The summed E-state index contributed by atoms with van der Waals surface area (Å²) in [6.07, 6.45) is 15.9. The Bertz CT molecular complexity index is 850. The number of anilines is 1. The predicted molar refractivity (Wildman–Crippen MR) is 111 cm³/mol. The topological polar surface area (TPSA) is 75.9 Å². The number of amides is 1. The maximum Gasteiger partial charge on any atom is 0.242 e. The Morgan fingerprint density at radius 3 is 2.79 bits per heavy atom. The molecule has 0 radical (unpaired) electrons. The molecule has 0 unspecified atom stereocenters. The molecule has 3 atom stereocenters. The lowest BCUT2D eigenvalue weighted by molar-refractivity contribution is -0.122. The normalized spacial score (nSPS) is 26.1. The number of hydrogen-bond acceptors (Lipinski definition) is 5. The lowest BCUT2D eigenvalue weighted by Crippen LogP contribution is -2.48. The lowest BCUT2D eigenvalue weighted by Gasteiger charge is -2.33. The molecule has 0 aromatic carbocycles. The van der Waals surface area contributed by atoms with Gasteiger partial charge in [-0.25, -0.2) is 15.0 Å². The van der Waals surface area contributed by atoms with Gasteiger partial charge >= 0.3 is 0 Å². The fraction of sp³-hybridized carbons (Fsp3) is 0.636. The minimum Gasteiger partial charge on any atom is -0.353 e. The zero-order chi connectivity index (χ0) is 19.6. The third-order valence-corrected chi connectivity index (χ3v) is 6.94. The summed E-state index contributed by atoms with van der Waals surface area (Å²) in [5.74, 6) is 1.38. The SMILES string of the molecule is O=C(NCCn1cnc2c1CCCC2)[C@@H]1C[C@@H]2CCCC[C@@H]2N1c1ncccn1. The second kappa shape index (κ2) is 8.13. The van der Waals surface area contributed by atoms with E-state index in [0.717, 1.165) is 32.2 Å². The third kappa shape index (κ3) is 3.63. The van der Waals surface area contributed by atoms with Crippen LogP contribution in [0.5, 0.6) is 0 Å². The first-order valence-corrected chi connectivity index (χ1v) is 11.2. The van der Waals surface area contributed by atoms with Gasteiger partial charge in [-0.05, 0) is 56.9 Å². The highest BCUT2D eigenvalue weighted by Gasteiger charge is 2.46. The van der Waals surface area contributed by atoms with Crippen molar-refractivity contribution in [3.8, 4) is 0 Å². The van der Waals surface area contributed by atoms with E-state index in [-0.39, 0.29) is 11.9 Å². The minimum absolute atomic E-state index is 0.112. The van der Waals surface area contributed by atoms with E-state index in [2.05, 4.69) is 29.7 Å². The van der Waals surface area contributed by atoms with Crippen LogP contribution in [0.2, 0.25) is 0 Å². The Morgan fingerprint density at radius 2 is 1.90 bits per heavy atom. The molecule has 2 aromatic rings. The predicted octanol–water partition coefficient (Wildman–Crippen LogP) is 2.51. The van der Waals surface area contributed by atoms with E-state index in [1.807, 2.05) is 12.4 Å². The van der Waals surface area contributed by atoms with Crippen molar-refractivity contribution in [1.29, 1.82) is 0 Å². The number of carbonyl (C=O) groups is 1. The van der Waals surface area contributed by atoms with Crippen LogP contribution in [0.3, 0.4) is 0 Å². The molecule has 2 fully saturated rings. The summed E-state index contributed by atoms with van der Waals surface area (Å²) in [7, 11) is 0. The van der Waals surface area contributed by atoms with E-state index >= 15 is 0 Å². The Balaban J connectivity index is 1.26. The summed E-state index contributed by atoms with van der Waals surface area (Å²) in [4.78, 5) is 28.9. The van der Waals surface area contributed by atoms with Crippen LogP contribution in [0, 0.1) is 5.92 Å². The zero-order valence-corrected chi connectivity index (χ0v) is 17.0. The highest BCUT2D eigenvalue weighted by atomic mass is 16.2.